The third-order valence-corrected chi connectivity index (χ3v) is 9.91. The summed E-state index contributed by atoms with van der Waals surface area (Å²) in [6, 6.07) is -3.27. The van der Waals surface area contributed by atoms with Gasteiger partial charge < -0.3 is 78.3 Å². The lowest BCUT2D eigenvalue weighted by molar-refractivity contribution is -0.314. The van der Waals surface area contributed by atoms with Gasteiger partial charge in [0.2, 0.25) is 0 Å². The number of hydrogen-bond donors (Lipinski definition) is 11. The number of aliphatic hydroxyl groups is 5. The summed E-state index contributed by atoms with van der Waals surface area (Å²) in [6.45, 7) is 1.76. The zero-order valence-corrected chi connectivity index (χ0v) is 29.9. The van der Waals surface area contributed by atoms with Crippen molar-refractivity contribution in [1.29, 1.82) is 0 Å². The van der Waals surface area contributed by atoms with Gasteiger partial charge in [0.25, 0.3) is 0 Å². The van der Waals surface area contributed by atoms with Gasteiger partial charge in [0.15, 0.2) is 12.6 Å². The first-order chi connectivity index (χ1) is 23.9. The van der Waals surface area contributed by atoms with Crippen LogP contribution < -0.4 is 28.7 Å². The fraction of sp³-hybridized carbons (Fsp3) is 0.971. The number of nitrogens with two attached hydrogens (primary N) is 5. The van der Waals surface area contributed by atoms with Gasteiger partial charge in [0, 0.05) is 25.0 Å². The lowest BCUT2D eigenvalue weighted by atomic mass is 9.84. The lowest BCUT2D eigenvalue weighted by Crippen LogP contribution is -2.68. The molecule has 14 atom stereocenters. The molecule has 16 N–H and O–H groups in total. The lowest BCUT2D eigenvalue weighted by Gasteiger charge is -2.47. The topological polar surface area (TPSA) is 305 Å². The highest BCUT2D eigenvalue weighted by atomic mass is 16.7. The predicted octanol–water partition coefficient (Wildman–Crippen LogP) is -0.743. The molecule has 296 valence electrons. The highest BCUT2D eigenvalue weighted by Gasteiger charge is 2.50. The van der Waals surface area contributed by atoms with Crippen LogP contribution in [0.2, 0.25) is 0 Å². The first-order valence-electron chi connectivity index (χ1n) is 18.7. The van der Waals surface area contributed by atoms with Crippen molar-refractivity contribution >= 4 is 5.97 Å². The summed E-state index contributed by atoms with van der Waals surface area (Å²) < 4.78 is 22.7. The zero-order valence-electron chi connectivity index (χ0n) is 29.9. The Morgan fingerprint density at radius 2 is 1.14 bits per heavy atom. The number of aliphatic hydroxyl groups excluding tert-OH is 5. The molecule has 0 amide bonds. The molecular formula is C34H69N5O11. The van der Waals surface area contributed by atoms with Crippen LogP contribution >= 0.6 is 0 Å². The number of carboxylic acid groups (broad SMARTS) is 1. The molecule has 1 aliphatic carbocycles. The van der Waals surface area contributed by atoms with E-state index in [1.807, 2.05) is 0 Å². The minimum absolute atomic E-state index is 0.0542. The van der Waals surface area contributed by atoms with Gasteiger partial charge in [-0.25, -0.2) is 0 Å². The maximum atomic E-state index is 11.0. The van der Waals surface area contributed by atoms with E-state index in [1.54, 1.807) is 0 Å². The molecule has 0 aromatic carbocycles. The second-order valence-corrected chi connectivity index (χ2v) is 14.2. The molecule has 0 radical (unpaired) electrons. The Bertz CT molecular complexity index is 912. The zero-order chi connectivity index (χ0) is 37.2. The van der Waals surface area contributed by atoms with Crippen LogP contribution in [0.15, 0.2) is 0 Å². The van der Waals surface area contributed by atoms with Crippen molar-refractivity contribution in [2.24, 2.45) is 28.7 Å². The fourth-order valence-electron chi connectivity index (χ4n) is 6.72. The first kappa shape index (κ1) is 45.1. The monoisotopic (exact) mass is 723 g/mol. The van der Waals surface area contributed by atoms with Gasteiger partial charge in [0.05, 0.1) is 30.9 Å². The molecule has 3 rings (SSSR count). The van der Waals surface area contributed by atoms with E-state index in [0.717, 1.165) is 12.8 Å². The van der Waals surface area contributed by atoms with E-state index in [0.29, 0.717) is 6.42 Å². The Hall–Kier alpha value is -1.09. The molecule has 0 bridgehead atoms. The van der Waals surface area contributed by atoms with Crippen molar-refractivity contribution in [2.75, 3.05) is 13.2 Å². The average Bonchev–Trinajstić information content (AvgIpc) is 3.08. The number of unbranched alkanes of at least 4 members (excludes halogenated alkanes) is 12. The van der Waals surface area contributed by atoms with Gasteiger partial charge in [-0.05, 0) is 19.3 Å². The van der Waals surface area contributed by atoms with Crippen molar-refractivity contribution in [2.45, 2.75) is 195 Å². The quantitative estimate of drug-likeness (QED) is 0.0689. The number of carboxylic acids is 1. The number of carbonyl (C=O) groups is 1. The molecule has 0 aromatic heterocycles. The normalized spacial score (nSPS) is 37.6. The van der Waals surface area contributed by atoms with Crippen LogP contribution in [0.25, 0.3) is 0 Å². The average molecular weight is 724 g/mol. The molecule has 0 unspecified atom stereocenters. The van der Waals surface area contributed by atoms with Crippen molar-refractivity contribution in [3.05, 3.63) is 0 Å². The highest BCUT2D eigenvalue weighted by molar-refractivity contribution is 5.66. The Morgan fingerprint density at radius 1 is 0.660 bits per heavy atom. The molecule has 16 nitrogen and oxygen atoms in total. The molecule has 0 spiro atoms. The molecule has 3 fully saturated rings. The number of hydrogen-bond acceptors (Lipinski definition) is 15. The van der Waals surface area contributed by atoms with Crippen LogP contribution in [0.5, 0.6) is 0 Å². The summed E-state index contributed by atoms with van der Waals surface area (Å²) >= 11 is 0. The second kappa shape index (κ2) is 24.3. The minimum Gasteiger partial charge on any atom is -0.481 e. The fourth-order valence-corrected chi connectivity index (χ4v) is 6.72. The maximum absolute atomic E-state index is 11.0. The van der Waals surface area contributed by atoms with E-state index in [4.69, 9.17) is 52.7 Å². The Kier molecular flexibility index (Phi) is 21.9. The number of ether oxygens (including phenoxy) is 4. The minimum atomic E-state index is -1.44. The van der Waals surface area contributed by atoms with E-state index < -0.39 is 98.2 Å². The van der Waals surface area contributed by atoms with Crippen LogP contribution in [0, 0.1) is 0 Å². The predicted molar refractivity (Wildman–Crippen MR) is 186 cm³/mol. The maximum Gasteiger partial charge on any atom is 0.303 e. The summed E-state index contributed by atoms with van der Waals surface area (Å²) in [6.07, 6.45) is 6.51. The molecule has 1 saturated carbocycles. The molecule has 3 aliphatic rings. The van der Waals surface area contributed by atoms with Crippen LogP contribution in [0.4, 0.5) is 0 Å². The van der Waals surface area contributed by atoms with Crippen LogP contribution in [0.1, 0.15) is 110 Å². The van der Waals surface area contributed by atoms with Gasteiger partial charge >= 0.3 is 5.97 Å². The van der Waals surface area contributed by atoms with Gasteiger partial charge in [0.1, 0.15) is 36.6 Å². The largest absolute Gasteiger partial charge is 0.481 e. The van der Waals surface area contributed by atoms with Crippen molar-refractivity contribution in [1.82, 2.24) is 0 Å². The van der Waals surface area contributed by atoms with E-state index in [-0.39, 0.29) is 19.4 Å². The van der Waals surface area contributed by atoms with E-state index in [9.17, 15) is 30.3 Å². The standard InChI is InChI=1S/C18H37N5O9.C16H32O2/c19-3-9-8(25)2-7(22)17(29-9)31-15-5(20)1-6(21)16(14(15)28)32-18-13(27)11(23)12(26)10(4-24)30-18;1-2-3-4-5-6-7-8-9-10-11-12-13-14-15-16(17)18/h5-18,24-28H,1-4,19-23H2;2-15H2,1H3,(H,17,18)/t5-,6+,7+,8-,9+,10+,11-,12+,13+,14-,15+,16-,17+,18+;/m0./s1. The molecule has 2 heterocycles. The van der Waals surface area contributed by atoms with Gasteiger partial charge in [-0.1, -0.05) is 84.0 Å². The highest BCUT2D eigenvalue weighted by Crippen LogP contribution is 2.30. The molecular weight excluding hydrogens is 654 g/mol. The smallest absolute Gasteiger partial charge is 0.303 e. The van der Waals surface area contributed by atoms with E-state index in [1.165, 1.54) is 70.6 Å². The Labute approximate surface area is 297 Å². The summed E-state index contributed by atoms with van der Waals surface area (Å²) in [5, 5.41) is 59.2. The van der Waals surface area contributed by atoms with Crippen molar-refractivity contribution < 1.29 is 54.4 Å². The van der Waals surface area contributed by atoms with Crippen LogP contribution in [-0.2, 0) is 23.7 Å². The van der Waals surface area contributed by atoms with E-state index in [2.05, 4.69) is 6.92 Å². The SMILES string of the molecule is CCCCCCCCCCCCCCCC(=O)O.NC[C@H]1O[C@H](O[C@H]2[C@H](O)[C@@H](O[C@H]3O[C@H](CO)[C@@H](O)[C@H](N)[C@H]3O)[C@H](N)C[C@@H]2N)[C@H](N)C[C@@H]1O. The van der Waals surface area contributed by atoms with Gasteiger partial charge in [-0.2, -0.15) is 0 Å². The Morgan fingerprint density at radius 3 is 1.62 bits per heavy atom. The molecule has 2 saturated heterocycles. The van der Waals surface area contributed by atoms with Crippen molar-refractivity contribution in [3.63, 3.8) is 0 Å². The summed E-state index contributed by atoms with van der Waals surface area (Å²) in [7, 11) is 0. The molecule has 0 aromatic rings. The third kappa shape index (κ3) is 14.7. The van der Waals surface area contributed by atoms with Gasteiger partial charge in [-0.15, -0.1) is 0 Å². The molecule has 16 heteroatoms. The van der Waals surface area contributed by atoms with Crippen LogP contribution in [0.3, 0.4) is 0 Å². The number of aliphatic carboxylic acids is 1. The van der Waals surface area contributed by atoms with Crippen molar-refractivity contribution in [3.8, 4) is 0 Å². The Balaban J connectivity index is 0.000000411. The molecule has 2 aliphatic heterocycles. The number of rotatable bonds is 20. The van der Waals surface area contributed by atoms with Crippen LogP contribution in [-0.4, -0.2) is 135 Å². The summed E-state index contributed by atoms with van der Waals surface area (Å²) in [5.41, 5.74) is 29.8. The third-order valence-electron chi connectivity index (χ3n) is 9.91. The van der Waals surface area contributed by atoms with E-state index >= 15 is 0 Å². The molecule has 50 heavy (non-hydrogen) atoms. The summed E-state index contributed by atoms with van der Waals surface area (Å²) in [5.74, 6) is -0.655. The summed E-state index contributed by atoms with van der Waals surface area (Å²) in [4.78, 5) is 10.3. The second-order valence-electron chi connectivity index (χ2n) is 14.2. The first-order valence-corrected chi connectivity index (χ1v) is 18.7. The van der Waals surface area contributed by atoms with Gasteiger partial charge in [-0.3, -0.25) is 4.79 Å².